The summed E-state index contributed by atoms with van der Waals surface area (Å²) >= 11 is 3.47. The zero-order chi connectivity index (χ0) is 15.5. The van der Waals surface area contributed by atoms with Gasteiger partial charge in [-0.05, 0) is 38.5 Å². The average Bonchev–Trinajstić information content (AvgIpc) is 2.37. The Kier molecular flexibility index (Phi) is 5.27. The number of rotatable bonds is 2. The number of carbonyl (C=O) groups excluding carboxylic acids is 1. The van der Waals surface area contributed by atoms with Crippen molar-refractivity contribution in [2.75, 3.05) is 19.7 Å². The van der Waals surface area contributed by atoms with Crippen LogP contribution in [-0.4, -0.2) is 42.4 Å². The van der Waals surface area contributed by atoms with Crippen molar-refractivity contribution in [3.05, 3.63) is 34.3 Å². The number of hydrogen-bond acceptors (Lipinski definition) is 3. The summed E-state index contributed by atoms with van der Waals surface area (Å²) in [6.45, 7) is 7.35. The summed E-state index contributed by atoms with van der Waals surface area (Å²) in [5.74, 6) is 0. The van der Waals surface area contributed by atoms with Gasteiger partial charge in [0.1, 0.15) is 5.60 Å². The van der Waals surface area contributed by atoms with Crippen LogP contribution >= 0.6 is 15.9 Å². The second-order valence-corrected chi connectivity index (χ2v) is 7.17. The first kappa shape index (κ1) is 16.3. The second kappa shape index (κ2) is 6.79. The molecule has 1 aliphatic heterocycles. The molecule has 1 aromatic carbocycles. The van der Waals surface area contributed by atoms with Crippen LogP contribution in [0.25, 0.3) is 0 Å². The molecule has 0 aliphatic carbocycles. The number of nitrogens with zero attached hydrogens (tertiary/aromatic N) is 1. The molecule has 0 bridgehead atoms. The van der Waals surface area contributed by atoms with E-state index in [4.69, 9.17) is 9.47 Å². The lowest BCUT2D eigenvalue weighted by Gasteiger charge is -2.34. The van der Waals surface area contributed by atoms with Crippen LogP contribution in [0.1, 0.15) is 26.3 Å². The fourth-order valence-corrected chi connectivity index (χ4v) is 2.71. The third-order valence-corrected chi connectivity index (χ3v) is 3.64. The minimum atomic E-state index is -0.463. The monoisotopic (exact) mass is 355 g/mol. The highest BCUT2D eigenvalue weighted by molar-refractivity contribution is 9.10. The van der Waals surface area contributed by atoms with Gasteiger partial charge in [-0.25, -0.2) is 4.79 Å². The van der Waals surface area contributed by atoms with Gasteiger partial charge in [0.2, 0.25) is 0 Å². The number of ether oxygens (including phenoxy) is 2. The summed E-state index contributed by atoms with van der Waals surface area (Å²) < 4.78 is 12.2. The number of hydrogen-bond donors (Lipinski definition) is 0. The van der Waals surface area contributed by atoms with Crippen molar-refractivity contribution < 1.29 is 14.3 Å². The van der Waals surface area contributed by atoms with Gasteiger partial charge in [-0.1, -0.05) is 28.1 Å². The molecule has 4 nitrogen and oxygen atoms in total. The highest BCUT2D eigenvalue weighted by Crippen LogP contribution is 2.18. The molecule has 0 N–H and O–H groups in total. The zero-order valence-electron chi connectivity index (χ0n) is 12.8. The molecule has 1 heterocycles. The molecule has 1 aromatic rings. The van der Waals surface area contributed by atoms with Crippen LogP contribution in [0.3, 0.4) is 0 Å². The van der Waals surface area contributed by atoms with Crippen LogP contribution < -0.4 is 0 Å². The third kappa shape index (κ3) is 5.32. The lowest BCUT2D eigenvalue weighted by molar-refractivity contribution is -0.0415. The standard InChI is InChI=1S/C16H22BrNO3/c1-16(2,3)21-15(19)18-7-8-20-14(11-18)10-12-5-4-6-13(17)9-12/h4-6,9,14H,7-8,10-11H2,1-3H3/t14-/m1/s1. The van der Waals surface area contributed by atoms with Crippen molar-refractivity contribution in [1.82, 2.24) is 4.90 Å². The maximum absolute atomic E-state index is 12.1. The largest absolute Gasteiger partial charge is 0.444 e. The van der Waals surface area contributed by atoms with Gasteiger partial charge in [-0.3, -0.25) is 0 Å². The first-order chi connectivity index (χ1) is 9.83. The Morgan fingerprint density at radius 1 is 1.48 bits per heavy atom. The van der Waals surface area contributed by atoms with E-state index in [1.807, 2.05) is 32.9 Å². The predicted octanol–water partition coefficient (Wildman–Crippen LogP) is 3.63. The van der Waals surface area contributed by atoms with Gasteiger partial charge in [0.05, 0.1) is 19.3 Å². The molecule has 1 atom stereocenters. The summed E-state index contributed by atoms with van der Waals surface area (Å²) in [4.78, 5) is 13.8. The van der Waals surface area contributed by atoms with Crippen LogP contribution in [0.4, 0.5) is 4.79 Å². The third-order valence-electron chi connectivity index (χ3n) is 3.14. The first-order valence-electron chi connectivity index (χ1n) is 7.17. The highest BCUT2D eigenvalue weighted by atomic mass is 79.9. The fraction of sp³-hybridized carbons (Fsp3) is 0.562. The van der Waals surface area contributed by atoms with Crippen LogP contribution in [-0.2, 0) is 15.9 Å². The predicted molar refractivity (Wildman–Crippen MR) is 85.4 cm³/mol. The van der Waals surface area contributed by atoms with E-state index in [0.29, 0.717) is 19.7 Å². The normalized spacial score (nSPS) is 19.4. The van der Waals surface area contributed by atoms with E-state index in [9.17, 15) is 4.79 Å². The lowest BCUT2D eigenvalue weighted by atomic mass is 10.1. The molecule has 0 unspecified atom stereocenters. The molecular formula is C16H22BrNO3. The molecule has 0 aromatic heterocycles. The Morgan fingerprint density at radius 3 is 2.90 bits per heavy atom. The molecule has 0 radical (unpaired) electrons. The van der Waals surface area contributed by atoms with Gasteiger partial charge < -0.3 is 14.4 Å². The van der Waals surface area contributed by atoms with Crippen molar-refractivity contribution in [3.63, 3.8) is 0 Å². The van der Waals surface area contributed by atoms with Gasteiger partial charge in [-0.15, -0.1) is 0 Å². The number of carbonyl (C=O) groups is 1. The maximum atomic E-state index is 12.1. The number of benzene rings is 1. The maximum Gasteiger partial charge on any atom is 0.410 e. The van der Waals surface area contributed by atoms with E-state index >= 15 is 0 Å². The van der Waals surface area contributed by atoms with E-state index in [1.165, 1.54) is 5.56 Å². The van der Waals surface area contributed by atoms with E-state index in [-0.39, 0.29) is 12.2 Å². The van der Waals surface area contributed by atoms with E-state index in [1.54, 1.807) is 4.90 Å². The first-order valence-corrected chi connectivity index (χ1v) is 7.97. The van der Waals surface area contributed by atoms with E-state index in [2.05, 4.69) is 28.1 Å². The quantitative estimate of drug-likeness (QED) is 0.812. The molecule has 1 fully saturated rings. The van der Waals surface area contributed by atoms with Crippen molar-refractivity contribution in [2.45, 2.75) is 38.9 Å². The summed E-state index contributed by atoms with van der Waals surface area (Å²) in [5.41, 5.74) is 0.732. The van der Waals surface area contributed by atoms with Gasteiger partial charge in [0.25, 0.3) is 0 Å². The van der Waals surface area contributed by atoms with Crippen LogP contribution in [0, 0.1) is 0 Å². The second-order valence-electron chi connectivity index (χ2n) is 6.25. The molecule has 5 heteroatoms. The van der Waals surface area contributed by atoms with Crippen molar-refractivity contribution in [1.29, 1.82) is 0 Å². The van der Waals surface area contributed by atoms with Gasteiger partial charge in [-0.2, -0.15) is 0 Å². The van der Waals surface area contributed by atoms with Crippen LogP contribution in [0.2, 0.25) is 0 Å². The van der Waals surface area contributed by atoms with Gasteiger partial charge >= 0.3 is 6.09 Å². The van der Waals surface area contributed by atoms with Crippen LogP contribution in [0.5, 0.6) is 0 Å². The molecule has 0 saturated carbocycles. The Morgan fingerprint density at radius 2 is 2.24 bits per heavy atom. The topological polar surface area (TPSA) is 38.8 Å². The zero-order valence-corrected chi connectivity index (χ0v) is 14.4. The number of morpholine rings is 1. The summed E-state index contributed by atoms with van der Waals surface area (Å²) in [7, 11) is 0. The summed E-state index contributed by atoms with van der Waals surface area (Å²) in [6.07, 6.45) is 0.546. The molecule has 1 aliphatic rings. The fourth-order valence-electron chi connectivity index (χ4n) is 2.26. The molecule has 0 spiro atoms. The molecule has 2 rings (SSSR count). The van der Waals surface area contributed by atoms with E-state index < -0.39 is 5.60 Å². The Hall–Kier alpha value is -1.07. The number of amides is 1. The Balaban J connectivity index is 1.93. The van der Waals surface area contributed by atoms with Crippen LogP contribution in [0.15, 0.2) is 28.7 Å². The van der Waals surface area contributed by atoms with Crippen molar-refractivity contribution >= 4 is 22.0 Å². The Bertz CT molecular complexity index is 499. The van der Waals surface area contributed by atoms with Gasteiger partial charge in [0.15, 0.2) is 0 Å². The highest BCUT2D eigenvalue weighted by Gasteiger charge is 2.28. The summed E-state index contributed by atoms with van der Waals surface area (Å²) in [6, 6.07) is 8.16. The molecule has 1 saturated heterocycles. The lowest BCUT2D eigenvalue weighted by Crippen LogP contribution is -2.48. The van der Waals surface area contributed by atoms with Gasteiger partial charge in [0, 0.05) is 17.4 Å². The molecule has 21 heavy (non-hydrogen) atoms. The Labute approximate surface area is 134 Å². The molecule has 1 amide bonds. The SMILES string of the molecule is CC(C)(C)OC(=O)N1CCO[C@H](Cc2cccc(Br)c2)C1. The van der Waals surface area contributed by atoms with E-state index in [0.717, 1.165) is 10.9 Å². The van der Waals surface area contributed by atoms with Crippen molar-refractivity contribution in [3.8, 4) is 0 Å². The minimum absolute atomic E-state index is 0.0144. The summed E-state index contributed by atoms with van der Waals surface area (Å²) in [5, 5.41) is 0. The smallest absolute Gasteiger partial charge is 0.410 e. The number of halogens is 1. The average molecular weight is 356 g/mol. The molecular weight excluding hydrogens is 334 g/mol. The minimum Gasteiger partial charge on any atom is -0.444 e. The van der Waals surface area contributed by atoms with Crippen molar-refractivity contribution in [2.24, 2.45) is 0 Å². The molecule has 116 valence electrons.